The van der Waals surface area contributed by atoms with Gasteiger partial charge in [0.15, 0.2) is 10.7 Å². The van der Waals surface area contributed by atoms with Crippen LogP contribution in [0.15, 0.2) is 29.6 Å². The van der Waals surface area contributed by atoms with Gasteiger partial charge in [0.2, 0.25) is 0 Å². The summed E-state index contributed by atoms with van der Waals surface area (Å²) in [5.74, 6) is 0.131. The van der Waals surface area contributed by atoms with Crippen molar-refractivity contribution < 1.29 is 9.53 Å². The Labute approximate surface area is 140 Å². The van der Waals surface area contributed by atoms with Crippen molar-refractivity contribution in [3.05, 3.63) is 40.9 Å². The van der Waals surface area contributed by atoms with Gasteiger partial charge in [0.05, 0.1) is 11.6 Å². The predicted molar refractivity (Wildman–Crippen MR) is 93.0 cm³/mol. The molecule has 0 bridgehead atoms. The number of aromatic nitrogens is 1. The Balaban J connectivity index is 1.76. The van der Waals surface area contributed by atoms with Gasteiger partial charge in [-0.1, -0.05) is 31.5 Å². The van der Waals surface area contributed by atoms with Gasteiger partial charge in [-0.15, -0.1) is 11.3 Å². The molecular formula is C18H22N2O2S. The van der Waals surface area contributed by atoms with Gasteiger partial charge in [-0.05, 0) is 31.9 Å². The van der Waals surface area contributed by atoms with Crippen LogP contribution in [0, 0.1) is 18.8 Å². The smallest absolute Gasteiger partial charge is 0.310 e. The van der Waals surface area contributed by atoms with Gasteiger partial charge in [-0.25, -0.2) is 4.98 Å². The maximum atomic E-state index is 12.1. The van der Waals surface area contributed by atoms with Crippen molar-refractivity contribution in [1.82, 2.24) is 4.98 Å². The molecule has 1 N–H and O–H groups in total. The number of thiazole rings is 1. The second-order valence-electron chi connectivity index (χ2n) is 6.74. The highest BCUT2D eigenvalue weighted by molar-refractivity contribution is 7.13. The fourth-order valence-corrected chi connectivity index (χ4v) is 3.69. The molecule has 1 aliphatic rings. The topological polar surface area (TPSA) is 51.2 Å². The Morgan fingerprint density at radius 3 is 2.65 bits per heavy atom. The molecule has 4 nitrogen and oxygen atoms in total. The molecule has 2 aromatic rings. The normalized spacial score (nSPS) is 24.0. The van der Waals surface area contributed by atoms with Crippen molar-refractivity contribution in [2.45, 2.75) is 39.7 Å². The molecule has 1 fully saturated rings. The van der Waals surface area contributed by atoms with E-state index in [2.05, 4.69) is 43.2 Å². The monoisotopic (exact) mass is 330 g/mol. The van der Waals surface area contributed by atoms with Gasteiger partial charge in [0.1, 0.15) is 0 Å². The van der Waals surface area contributed by atoms with Gasteiger partial charge >= 0.3 is 5.97 Å². The maximum Gasteiger partial charge on any atom is 0.310 e. The second-order valence-corrected chi connectivity index (χ2v) is 7.59. The number of rotatable bonds is 4. The van der Waals surface area contributed by atoms with Gasteiger partial charge in [-0.3, -0.25) is 4.79 Å². The number of esters is 1. The summed E-state index contributed by atoms with van der Waals surface area (Å²) in [5, 5.41) is 6.10. The third-order valence-corrected chi connectivity index (χ3v) is 5.15. The molecule has 122 valence electrons. The summed E-state index contributed by atoms with van der Waals surface area (Å²) in [7, 11) is 0. The number of carbonyl (C=O) groups is 1. The van der Waals surface area contributed by atoms with Gasteiger partial charge in [0.25, 0.3) is 0 Å². The molecule has 0 radical (unpaired) electrons. The van der Waals surface area contributed by atoms with Crippen molar-refractivity contribution in [2.24, 2.45) is 11.8 Å². The van der Waals surface area contributed by atoms with E-state index in [4.69, 9.17) is 4.74 Å². The SMILES string of the molecule is Cc1ccc(Nc2nc([C@@]3(C)C[C@H](C(C)C)C(=O)O3)cs2)cc1. The van der Waals surface area contributed by atoms with Crippen LogP contribution in [-0.4, -0.2) is 11.0 Å². The van der Waals surface area contributed by atoms with Crippen LogP contribution in [0.5, 0.6) is 0 Å². The Morgan fingerprint density at radius 2 is 2.04 bits per heavy atom. The van der Waals surface area contributed by atoms with Gasteiger partial charge in [0, 0.05) is 17.5 Å². The summed E-state index contributed by atoms with van der Waals surface area (Å²) >= 11 is 1.53. The number of cyclic esters (lactones) is 1. The van der Waals surface area contributed by atoms with E-state index in [1.54, 1.807) is 0 Å². The van der Waals surface area contributed by atoms with E-state index in [0.717, 1.165) is 16.5 Å². The fourth-order valence-electron chi connectivity index (χ4n) is 2.84. The van der Waals surface area contributed by atoms with E-state index in [-0.39, 0.29) is 17.8 Å². The Hall–Kier alpha value is -1.88. The molecule has 3 rings (SSSR count). The second kappa shape index (κ2) is 5.96. The molecule has 5 heteroatoms. The summed E-state index contributed by atoms with van der Waals surface area (Å²) in [5.41, 5.74) is 2.44. The standard InChI is InChI=1S/C18H22N2O2S/c1-11(2)14-9-18(4,22-16(14)21)15-10-23-17(20-15)19-13-7-5-12(3)6-8-13/h5-8,10-11,14H,9H2,1-4H3,(H,19,20)/t14-,18-/m1/s1. The van der Waals surface area contributed by atoms with Gasteiger partial charge < -0.3 is 10.1 Å². The summed E-state index contributed by atoms with van der Waals surface area (Å²) in [6.07, 6.45) is 0.692. The largest absolute Gasteiger partial charge is 0.453 e. The van der Waals surface area contributed by atoms with Crippen LogP contribution in [0.4, 0.5) is 10.8 Å². The number of anilines is 2. The first kappa shape index (κ1) is 16.0. The number of ether oxygens (including phenoxy) is 1. The molecule has 0 amide bonds. The van der Waals surface area contributed by atoms with Crippen LogP contribution in [0.25, 0.3) is 0 Å². The van der Waals surface area contributed by atoms with Crippen molar-refractivity contribution in [2.75, 3.05) is 5.32 Å². The molecule has 1 aliphatic heterocycles. The van der Waals surface area contributed by atoms with Crippen LogP contribution in [0.1, 0.15) is 38.4 Å². The van der Waals surface area contributed by atoms with E-state index in [1.807, 2.05) is 24.4 Å². The molecule has 0 saturated carbocycles. The lowest BCUT2D eigenvalue weighted by atomic mass is 9.87. The summed E-state index contributed by atoms with van der Waals surface area (Å²) in [6, 6.07) is 8.18. The first-order valence-corrected chi connectivity index (χ1v) is 8.78. The zero-order valence-electron chi connectivity index (χ0n) is 13.9. The van der Waals surface area contributed by atoms with Crippen molar-refractivity contribution in [3.8, 4) is 0 Å². The van der Waals surface area contributed by atoms with E-state index >= 15 is 0 Å². The van der Waals surface area contributed by atoms with E-state index in [0.29, 0.717) is 6.42 Å². The number of nitrogens with one attached hydrogen (secondary N) is 1. The van der Waals surface area contributed by atoms with Crippen LogP contribution >= 0.6 is 11.3 Å². The molecule has 1 aromatic carbocycles. The quantitative estimate of drug-likeness (QED) is 0.831. The number of aryl methyl sites for hydroxylation is 1. The van der Waals surface area contributed by atoms with Crippen LogP contribution in [-0.2, 0) is 15.1 Å². The highest BCUT2D eigenvalue weighted by Crippen LogP contribution is 2.43. The zero-order chi connectivity index (χ0) is 16.6. The number of carbonyl (C=O) groups excluding carboxylic acids is 1. The van der Waals surface area contributed by atoms with E-state index < -0.39 is 5.60 Å². The lowest BCUT2D eigenvalue weighted by molar-refractivity contribution is -0.151. The number of hydrogen-bond donors (Lipinski definition) is 1. The van der Waals surface area contributed by atoms with Crippen molar-refractivity contribution in [1.29, 1.82) is 0 Å². The fraction of sp³-hybridized carbons (Fsp3) is 0.444. The van der Waals surface area contributed by atoms with Crippen LogP contribution < -0.4 is 5.32 Å². The molecule has 2 atom stereocenters. The molecule has 0 spiro atoms. The third kappa shape index (κ3) is 3.24. The molecule has 0 aliphatic carbocycles. The maximum absolute atomic E-state index is 12.1. The zero-order valence-corrected chi connectivity index (χ0v) is 14.7. The highest BCUT2D eigenvalue weighted by atomic mass is 32.1. The Kier molecular flexibility index (Phi) is 4.15. The average molecular weight is 330 g/mol. The molecule has 23 heavy (non-hydrogen) atoms. The lowest BCUT2D eigenvalue weighted by Gasteiger charge is -2.20. The first-order valence-electron chi connectivity index (χ1n) is 7.90. The summed E-state index contributed by atoms with van der Waals surface area (Å²) in [4.78, 5) is 16.7. The average Bonchev–Trinajstić information content (AvgIpc) is 3.07. The number of nitrogens with zero attached hydrogens (tertiary/aromatic N) is 1. The highest BCUT2D eigenvalue weighted by Gasteiger charge is 2.47. The number of benzene rings is 1. The lowest BCUT2D eigenvalue weighted by Crippen LogP contribution is -2.21. The molecule has 1 saturated heterocycles. The minimum absolute atomic E-state index is 0.0461. The first-order chi connectivity index (χ1) is 10.9. The molecule has 2 heterocycles. The van der Waals surface area contributed by atoms with Crippen LogP contribution in [0.2, 0.25) is 0 Å². The number of hydrogen-bond acceptors (Lipinski definition) is 5. The Morgan fingerprint density at radius 1 is 1.35 bits per heavy atom. The molecular weight excluding hydrogens is 308 g/mol. The minimum atomic E-state index is -0.615. The van der Waals surface area contributed by atoms with Crippen LogP contribution in [0.3, 0.4) is 0 Å². The van der Waals surface area contributed by atoms with Crippen molar-refractivity contribution >= 4 is 28.1 Å². The molecule has 1 aromatic heterocycles. The predicted octanol–water partition coefficient (Wildman–Crippen LogP) is 4.63. The van der Waals surface area contributed by atoms with Gasteiger partial charge in [-0.2, -0.15) is 0 Å². The summed E-state index contributed by atoms with van der Waals surface area (Å²) in [6.45, 7) is 8.13. The van der Waals surface area contributed by atoms with Crippen molar-refractivity contribution in [3.63, 3.8) is 0 Å². The van der Waals surface area contributed by atoms with E-state index in [1.165, 1.54) is 16.9 Å². The minimum Gasteiger partial charge on any atom is -0.453 e. The third-order valence-electron chi connectivity index (χ3n) is 4.39. The Bertz CT molecular complexity index is 708. The molecule has 0 unspecified atom stereocenters. The summed E-state index contributed by atoms with van der Waals surface area (Å²) < 4.78 is 5.67. The van der Waals surface area contributed by atoms with E-state index in [9.17, 15) is 4.79 Å².